The molecule has 1 aliphatic heterocycles. The van der Waals surface area contributed by atoms with Gasteiger partial charge in [0, 0.05) is 5.92 Å². The quantitative estimate of drug-likeness (QED) is 0.852. The largest absolute Gasteiger partial charge is 0.381 e. The number of nitrogens with two attached hydrogens (primary N) is 1. The van der Waals surface area contributed by atoms with Crippen molar-refractivity contribution < 1.29 is 13.9 Å². The van der Waals surface area contributed by atoms with E-state index in [4.69, 9.17) is 10.5 Å². The first kappa shape index (κ1) is 11.5. The molecule has 1 amide bonds. The van der Waals surface area contributed by atoms with Crippen LogP contribution in [-0.4, -0.2) is 24.1 Å². The van der Waals surface area contributed by atoms with E-state index in [1.165, 1.54) is 6.07 Å². The van der Waals surface area contributed by atoms with E-state index in [1.54, 1.807) is 0 Å². The lowest BCUT2D eigenvalue weighted by Gasteiger charge is -2.26. The molecule has 0 radical (unpaired) electrons. The number of primary amides is 1. The van der Waals surface area contributed by atoms with Crippen LogP contribution in [0.25, 0.3) is 0 Å². The molecule has 0 atom stereocenters. The van der Waals surface area contributed by atoms with E-state index in [2.05, 4.69) is 20.9 Å². The summed E-state index contributed by atoms with van der Waals surface area (Å²) in [6.45, 7) is 1.27. The first-order valence-corrected chi connectivity index (χ1v) is 5.59. The van der Waals surface area contributed by atoms with Crippen molar-refractivity contribution in [2.24, 2.45) is 11.7 Å². The molecule has 0 bridgehead atoms. The number of hydrogen-bond acceptors (Lipinski definition) is 3. The highest BCUT2D eigenvalue weighted by Crippen LogP contribution is 2.22. The predicted molar refractivity (Wildman–Crippen MR) is 58.4 cm³/mol. The number of carbonyl (C=O) groups is 1. The Morgan fingerprint density at radius 2 is 2.38 bits per heavy atom. The summed E-state index contributed by atoms with van der Waals surface area (Å²) < 4.78 is 18.3. The van der Waals surface area contributed by atoms with Crippen molar-refractivity contribution in [1.82, 2.24) is 4.98 Å². The highest BCUT2D eigenvalue weighted by Gasteiger charge is 2.23. The van der Waals surface area contributed by atoms with Gasteiger partial charge in [-0.15, -0.1) is 0 Å². The Bertz CT molecular complexity index is 435. The average molecular weight is 289 g/mol. The highest BCUT2D eigenvalue weighted by molar-refractivity contribution is 9.10. The van der Waals surface area contributed by atoms with Gasteiger partial charge in [0.15, 0.2) is 5.82 Å². The van der Waals surface area contributed by atoms with Crippen molar-refractivity contribution in [2.45, 2.75) is 6.42 Å². The maximum Gasteiger partial charge on any atom is 0.267 e. The summed E-state index contributed by atoms with van der Waals surface area (Å²) in [5, 5.41) is 0. The number of carbonyl (C=O) groups excluding carboxylic acids is 1. The number of pyridine rings is 1. The van der Waals surface area contributed by atoms with E-state index in [0.29, 0.717) is 31.1 Å². The molecule has 0 aromatic carbocycles. The maximum atomic E-state index is 13.3. The molecule has 1 fully saturated rings. The zero-order valence-corrected chi connectivity index (χ0v) is 9.96. The van der Waals surface area contributed by atoms with Crippen LogP contribution in [0.5, 0.6) is 0 Å². The summed E-state index contributed by atoms with van der Waals surface area (Å²) in [5.74, 6) is -0.809. The Balaban J connectivity index is 2.32. The van der Waals surface area contributed by atoms with Gasteiger partial charge in [-0.1, -0.05) is 0 Å². The standard InChI is InChI=1S/C10H10BrFN2O2/c11-9-7(12)2-6(1-5-3-16-4-5)8(14-9)10(13)15/h2,5H,1,3-4H2,(H2,13,15). The van der Waals surface area contributed by atoms with Gasteiger partial charge in [-0.05, 0) is 34.0 Å². The number of halogens is 2. The summed E-state index contributed by atoms with van der Waals surface area (Å²) in [6.07, 6.45) is 0.565. The molecule has 2 heterocycles. The lowest BCUT2D eigenvalue weighted by atomic mass is 9.96. The van der Waals surface area contributed by atoms with Crippen LogP contribution in [-0.2, 0) is 11.2 Å². The van der Waals surface area contributed by atoms with Gasteiger partial charge in [0.05, 0.1) is 13.2 Å². The molecule has 6 heteroatoms. The molecule has 1 aromatic rings. The minimum Gasteiger partial charge on any atom is -0.381 e. The van der Waals surface area contributed by atoms with E-state index < -0.39 is 11.7 Å². The fourth-order valence-corrected chi connectivity index (χ4v) is 1.88. The fraction of sp³-hybridized carbons (Fsp3) is 0.400. The van der Waals surface area contributed by atoms with Crippen LogP contribution < -0.4 is 5.73 Å². The summed E-state index contributed by atoms with van der Waals surface area (Å²) in [7, 11) is 0. The molecule has 1 aromatic heterocycles. The molecular weight excluding hydrogens is 279 g/mol. The van der Waals surface area contributed by atoms with Crippen LogP contribution >= 0.6 is 15.9 Å². The van der Waals surface area contributed by atoms with Gasteiger partial charge in [-0.3, -0.25) is 4.79 Å². The van der Waals surface area contributed by atoms with E-state index in [1.807, 2.05) is 0 Å². The molecule has 2 rings (SSSR count). The van der Waals surface area contributed by atoms with Crippen molar-refractivity contribution in [3.8, 4) is 0 Å². The second-order valence-electron chi connectivity index (χ2n) is 3.74. The van der Waals surface area contributed by atoms with Crippen LogP contribution in [0.15, 0.2) is 10.7 Å². The molecule has 2 N–H and O–H groups in total. The number of nitrogens with zero attached hydrogens (tertiary/aromatic N) is 1. The summed E-state index contributed by atoms with van der Waals surface area (Å²) >= 11 is 2.93. The Morgan fingerprint density at radius 3 is 2.88 bits per heavy atom. The van der Waals surface area contributed by atoms with Gasteiger partial charge in [0.25, 0.3) is 5.91 Å². The molecule has 1 saturated heterocycles. The van der Waals surface area contributed by atoms with Gasteiger partial charge < -0.3 is 10.5 Å². The van der Waals surface area contributed by atoms with E-state index in [-0.39, 0.29) is 10.3 Å². The molecule has 86 valence electrons. The first-order valence-electron chi connectivity index (χ1n) is 4.80. The highest BCUT2D eigenvalue weighted by atomic mass is 79.9. The molecule has 1 aliphatic rings. The summed E-state index contributed by atoms with van der Waals surface area (Å²) in [4.78, 5) is 15.0. The normalized spacial score (nSPS) is 15.9. The molecule has 16 heavy (non-hydrogen) atoms. The monoisotopic (exact) mass is 288 g/mol. The molecule has 0 aliphatic carbocycles. The number of aromatic nitrogens is 1. The first-order chi connectivity index (χ1) is 7.58. The van der Waals surface area contributed by atoms with Crippen molar-refractivity contribution in [1.29, 1.82) is 0 Å². The zero-order valence-electron chi connectivity index (χ0n) is 8.37. The number of amides is 1. The van der Waals surface area contributed by atoms with Crippen LogP contribution in [0.3, 0.4) is 0 Å². The van der Waals surface area contributed by atoms with E-state index in [0.717, 1.165) is 0 Å². The Labute approximate surface area is 100 Å². The third kappa shape index (κ3) is 2.22. The van der Waals surface area contributed by atoms with Gasteiger partial charge in [-0.25, -0.2) is 9.37 Å². The average Bonchev–Trinajstić information content (AvgIpc) is 2.16. The van der Waals surface area contributed by atoms with Gasteiger partial charge in [-0.2, -0.15) is 0 Å². The van der Waals surface area contributed by atoms with Crippen LogP contribution in [0.2, 0.25) is 0 Å². The Hall–Kier alpha value is -1.01. The molecular formula is C10H10BrFN2O2. The van der Waals surface area contributed by atoms with E-state index >= 15 is 0 Å². The number of rotatable bonds is 3. The lowest BCUT2D eigenvalue weighted by molar-refractivity contribution is -0.0313. The predicted octanol–water partition coefficient (Wildman–Crippen LogP) is 1.27. The fourth-order valence-electron chi connectivity index (χ4n) is 1.59. The Morgan fingerprint density at radius 1 is 1.69 bits per heavy atom. The second-order valence-corrected chi connectivity index (χ2v) is 4.49. The van der Waals surface area contributed by atoms with Gasteiger partial charge >= 0.3 is 0 Å². The van der Waals surface area contributed by atoms with Crippen molar-refractivity contribution in [2.75, 3.05) is 13.2 Å². The SMILES string of the molecule is NC(=O)c1nc(Br)c(F)cc1CC1COC1. The topological polar surface area (TPSA) is 65.2 Å². The third-order valence-corrected chi connectivity index (χ3v) is 3.02. The summed E-state index contributed by atoms with van der Waals surface area (Å²) in [6, 6.07) is 1.30. The number of hydrogen-bond donors (Lipinski definition) is 1. The maximum absolute atomic E-state index is 13.3. The van der Waals surface area contributed by atoms with Crippen LogP contribution in [0.1, 0.15) is 16.1 Å². The van der Waals surface area contributed by atoms with Crippen LogP contribution in [0, 0.1) is 11.7 Å². The van der Waals surface area contributed by atoms with Crippen molar-refractivity contribution >= 4 is 21.8 Å². The zero-order chi connectivity index (χ0) is 11.7. The van der Waals surface area contributed by atoms with Gasteiger partial charge in [0.1, 0.15) is 10.3 Å². The van der Waals surface area contributed by atoms with E-state index in [9.17, 15) is 9.18 Å². The van der Waals surface area contributed by atoms with Gasteiger partial charge in [0.2, 0.25) is 0 Å². The third-order valence-electron chi connectivity index (χ3n) is 2.46. The Kier molecular flexibility index (Phi) is 3.20. The minimum absolute atomic E-state index is 0.00918. The van der Waals surface area contributed by atoms with Crippen molar-refractivity contribution in [3.05, 3.63) is 27.7 Å². The molecule has 4 nitrogen and oxygen atoms in total. The van der Waals surface area contributed by atoms with Crippen LogP contribution in [0.4, 0.5) is 4.39 Å². The molecule has 0 spiro atoms. The smallest absolute Gasteiger partial charge is 0.267 e. The summed E-state index contributed by atoms with van der Waals surface area (Å²) in [5.41, 5.74) is 5.86. The minimum atomic E-state index is -0.643. The molecule has 0 saturated carbocycles. The second kappa shape index (κ2) is 4.47. The number of ether oxygens (including phenoxy) is 1. The lowest BCUT2D eigenvalue weighted by Crippen LogP contribution is -2.30. The molecule has 0 unspecified atom stereocenters. The van der Waals surface area contributed by atoms with Crippen molar-refractivity contribution in [3.63, 3.8) is 0 Å².